The van der Waals surface area contributed by atoms with Gasteiger partial charge in [-0.3, -0.25) is 4.79 Å². The molecule has 29 heavy (non-hydrogen) atoms. The van der Waals surface area contributed by atoms with Crippen molar-refractivity contribution in [1.82, 2.24) is 0 Å². The van der Waals surface area contributed by atoms with Crippen LogP contribution in [0.1, 0.15) is 35.8 Å². The molecule has 2 aromatic rings. The molecule has 0 spiro atoms. The number of carbonyl (C=O) groups is 1. The maximum atomic E-state index is 13.2. The van der Waals surface area contributed by atoms with Crippen molar-refractivity contribution in [1.29, 1.82) is 5.26 Å². The number of ketones is 1. The largest absolute Gasteiger partial charge is 0.497 e. The number of rotatable bonds is 3. The number of ether oxygens (including phenoxy) is 2. The van der Waals surface area contributed by atoms with Crippen molar-refractivity contribution in [3.05, 3.63) is 86.9 Å². The number of hydrogen-bond donors (Lipinski definition) is 1. The maximum absolute atomic E-state index is 13.2. The Morgan fingerprint density at radius 1 is 1.17 bits per heavy atom. The highest BCUT2D eigenvalue weighted by Crippen LogP contribution is 2.47. The molecule has 2 atom stereocenters. The van der Waals surface area contributed by atoms with E-state index in [1.807, 2.05) is 48.5 Å². The zero-order chi connectivity index (χ0) is 20.5. The molecule has 1 aliphatic carbocycles. The fourth-order valence-corrected chi connectivity index (χ4v) is 4.46. The van der Waals surface area contributed by atoms with Crippen LogP contribution in [0.2, 0.25) is 0 Å². The number of carbonyl (C=O) groups excluding carboxylic acids is 1. The first-order valence-electron chi connectivity index (χ1n) is 9.25. The van der Waals surface area contributed by atoms with Gasteiger partial charge in [0.15, 0.2) is 5.78 Å². The topological polar surface area (TPSA) is 85.3 Å². The number of benzene rings is 2. The van der Waals surface area contributed by atoms with Gasteiger partial charge in [-0.2, -0.15) is 5.26 Å². The van der Waals surface area contributed by atoms with Crippen LogP contribution in [0.25, 0.3) is 0 Å². The van der Waals surface area contributed by atoms with Crippen LogP contribution in [0, 0.1) is 11.3 Å². The number of nitriles is 1. The van der Waals surface area contributed by atoms with E-state index in [2.05, 4.69) is 22.0 Å². The van der Waals surface area contributed by atoms with Gasteiger partial charge in [0.1, 0.15) is 23.2 Å². The first-order valence-corrected chi connectivity index (χ1v) is 10.0. The first-order chi connectivity index (χ1) is 14.0. The summed E-state index contributed by atoms with van der Waals surface area (Å²) in [6.45, 7) is 0. The Labute approximate surface area is 177 Å². The summed E-state index contributed by atoms with van der Waals surface area (Å²) in [5, 5.41) is 9.69. The van der Waals surface area contributed by atoms with Gasteiger partial charge in [0.2, 0.25) is 5.88 Å². The molecule has 5 nitrogen and oxygen atoms in total. The number of halogens is 1. The molecule has 1 heterocycles. The first kappa shape index (κ1) is 19.3. The fourth-order valence-electron chi connectivity index (χ4n) is 4.04. The second-order valence-corrected chi connectivity index (χ2v) is 8.03. The minimum absolute atomic E-state index is 0.00764. The van der Waals surface area contributed by atoms with Crippen LogP contribution < -0.4 is 10.5 Å². The van der Waals surface area contributed by atoms with Crippen LogP contribution in [0.15, 0.2) is 75.8 Å². The summed E-state index contributed by atoms with van der Waals surface area (Å²) in [5.74, 6) is 0.864. The van der Waals surface area contributed by atoms with Gasteiger partial charge in [-0.1, -0.05) is 40.2 Å². The molecule has 2 aliphatic rings. The number of nitrogens with zero attached hydrogens (tertiary/aromatic N) is 1. The second kappa shape index (κ2) is 7.76. The smallest absolute Gasteiger partial charge is 0.205 e. The molecule has 0 unspecified atom stereocenters. The molecule has 6 heteroatoms. The van der Waals surface area contributed by atoms with E-state index in [1.54, 1.807) is 7.11 Å². The summed E-state index contributed by atoms with van der Waals surface area (Å²) >= 11 is 3.47. The van der Waals surface area contributed by atoms with Gasteiger partial charge in [0.05, 0.1) is 13.0 Å². The van der Waals surface area contributed by atoms with E-state index >= 15 is 0 Å². The SMILES string of the molecule is COc1ccc([C@H]2CC(=O)C3=C(C2)OC(N)=C(C#N)[C@@H]3c2cccc(Br)c2)cc1. The van der Waals surface area contributed by atoms with Crippen LogP contribution in [0.4, 0.5) is 0 Å². The molecule has 0 amide bonds. The van der Waals surface area contributed by atoms with Crippen molar-refractivity contribution in [2.45, 2.75) is 24.7 Å². The molecule has 0 saturated carbocycles. The van der Waals surface area contributed by atoms with Crippen LogP contribution >= 0.6 is 15.9 Å². The van der Waals surface area contributed by atoms with Crippen LogP contribution in [0.3, 0.4) is 0 Å². The monoisotopic (exact) mass is 450 g/mol. The van der Waals surface area contributed by atoms with Crippen molar-refractivity contribution >= 4 is 21.7 Å². The highest BCUT2D eigenvalue weighted by Gasteiger charge is 2.40. The molecule has 4 rings (SSSR count). The van der Waals surface area contributed by atoms with Crippen LogP contribution in [-0.2, 0) is 9.53 Å². The van der Waals surface area contributed by atoms with E-state index < -0.39 is 5.92 Å². The standard InChI is InChI=1S/C23H19BrN2O3/c1-28-17-7-5-13(6-8-17)15-10-19(27)22-20(11-15)29-23(26)18(12-25)21(22)14-3-2-4-16(24)9-14/h2-9,15,21H,10-11,26H2,1H3/t15-,21-/m0/s1. The average Bonchev–Trinajstić information content (AvgIpc) is 2.72. The van der Waals surface area contributed by atoms with E-state index in [0.29, 0.717) is 24.2 Å². The Morgan fingerprint density at radius 2 is 1.93 bits per heavy atom. The summed E-state index contributed by atoms with van der Waals surface area (Å²) in [6, 6.07) is 17.5. The highest BCUT2D eigenvalue weighted by molar-refractivity contribution is 9.10. The molecule has 0 radical (unpaired) electrons. The molecule has 2 aromatic carbocycles. The minimum atomic E-state index is -0.509. The van der Waals surface area contributed by atoms with Crippen molar-refractivity contribution in [2.75, 3.05) is 7.11 Å². The molecule has 0 fully saturated rings. The van der Waals surface area contributed by atoms with Crippen molar-refractivity contribution < 1.29 is 14.3 Å². The lowest BCUT2D eigenvalue weighted by molar-refractivity contribution is -0.117. The van der Waals surface area contributed by atoms with E-state index in [-0.39, 0.29) is 23.2 Å². The molecule has 0 saturated heterocycles. The average molecular weight is 451 g/mol. The number of Topliss-reactive ketones (excluding diaryl/α,β-unsaturated/α-hetero) is 1. The Morgan fingerprint density at radius 3 is 2.59 bits per heavy atom. The predicted molar refractivity (Wildman–Crippen MR) is 112 cm³/mol. The molecule has 1 aliphatic heterocycles. The zero-order valence-corrected chi connectivity index (χ0v) is 17.4. The second-order valence-electron chi connectivity index (χ2n) is 7.12. The van der Waals surface area contributed by atoms with E-state index in [0.717, 1.165) is 21.3 Å². The Kier molecular flexibility index (Phi) is 5.16. The lowest BCUT2D eigenvalue weighted by Gasteiger charge is -2.34. The summed E-state index contributed by atoms with van der Waals surface area (Å²) in [7, 11) is 1.62. The van der Waals surface area contributed by atoms with E-state index in [9.17, 15) is 10.1 Å². The Bertz CT molecular complexity index is 1080. The predicted octanol–water partition coefficient (Wildman–Crippen LogP) is 4.67. The van der Waals surface area contributed by atoms with Gasteiger partial charge < -0.3 is 15.2 Å². The Hall–Kier alpha value is -3.04. The summed E-state index contributed by atoms with van der Waals surface area (Å²) < 4.78 is 11.9. The van der Waals surface area contributed by atoms with Crippen molar-refractivity contribution in [3.63, 3.8) is 0 Å². The van der Waals surface area contributed by atoms with Gasteiger partial charge in [-0.05, 0) is 41.3 Å². The Balaban J connectivity index is 1.75. The van der Waals surface area contributed by atoms with E-state index in [4.69, 9.17) is 15.2 Å². The van der Waals surface area contributed by atoms with Crippen molar-refractivity contribution in [2.24, 2.45) is 5.73 Å². The van der Waals surface area contributed by atoms with Crippen LogP contribution in [-0.4, -0.2) is 12.9 Å². The van der Waals surface area contributed by atoms with Gasteiger partial charge in [0.25, 0.3) is 0 Å². The van der Waals surface area contributed by atoms with Gasteiger partial charge in [-0.15, -0.1) is 0 Å². The molecule has 2 N–H and O–H groups in total. The molecule has 0 bridgehead atoms. The lowest BCUT2D eigenvalue weighted by Crippen LogP contribution is -2.29. The number of hydrogen-bond acceptors (Lipinski definition) is 5. The van der Waals surface area contributed by atoms with Gasteiger partial charge in [-0.25, -0.2) is 0 Å². The van der Waals surface area contributed by atoms with E-state index in [1.165, 1.54) is 0 Å². The quantitative estimate of drug-likeness (QED) is 0.734. The molecular formula is C23H19BrN2O3. The third kappa shape index (κ3) is 3.54. The molecular weight excluding hydrogens is 432 g/mol. The zero-order valence-electron chi connectivity index (χ0n) is 15.8. The van der Waals surface area contributed by atoms with Crippen molar-refractivity contribution in [3.8, 4) is 11.8 Å². The maximum Gasteiger partial charge on any atom is 0.205 e. The summed E-state index contributed by atoms with van der Waals surface area (Å²) in [4.78, 5) is 13.2. The van der Waals surface area contributed by atoms with Gasteiger partial charge in [0, 0.05) is 22.9 Å². The van der Waals surface area contributed by atoms with Crippen LogP contribution in [0.5, 0.6) is 5.75 Å². The molecule has 0 aromatic heterocycles. The number of methoxy groups -OCH3 is 1. The molecule has 146 valence electrons. The van der Waals surface area contributed by atoms with Gasteiger partial charge >= 0.3 is 0 Å². The lowest BCUT2D eigenvalue weighted by atomic mass is 9.73. The minimum Gasteiger partial charge on any atom is -0.497 e. The normalized spacial score (nSPS) is 21.3. The highest BCUT2D eigenvalue weighted by atomic mass is 79.9. The number of nitrogens with two attached hydrogens (primary N) is 1. The summed E-state index contributed by atoms with van der Waals surface area (Å²) in [5.41, 5.74) is 8.79. The summed E-state index contributed by atoms with van der Waals surface area (Å²) in [6.07, 6.45) is 0.912. The number of allylic oxidation sites excluding steroid dienone is 3. The third-order valence-electron chi connectivity index (χ3n) is 5.43. The fraction of sp³-hybridized carbons (Fsp3) is 0.217. The third-order valence-corrected chi connectivity index (χ3v) is 5.92.